The van der Waals surface area contributed by atoms with Crippen molar-refractivity contribution in [3.63, 3.8) is 0 Å². The fraction of sp³-hybridized carbons (Fsp3) is 0.348. The highest BCUT2D eigenvalue weighted by Crippen LogP contribution is 2.40. The molecule has 2 aromatic rings. The van der Waals surface area contributed by atoms with Gasteiger partial charge in [0.25, 0.3) is 0 Å². The zero-order valence-corrected chi connectivity index (χ0v) is 16.5. The van der Waals surface area contributed by atoms with E-state index in [1.54, 1.807) is 12.1 Å². The summed E-state index contributed by atoms with van der Waals surface area (Å²) in [5, 5.41) is 0. The van der Waals surface area contributed by atoms with Crippen LogP contribution in [0.2, 0.25) is 0 Å². The van der Waals surface area contributed by atoms with Gasteiger partial charge < -0.3 is 9.47 Å². The predicted octanol–water partition coefficient (Wildman–Crippen LogP) is 3.27. The number of piperidine rings is 1. The minimum Gasteiger partial charge on any atom is -0.486 e. The summed E-state index contributed by atoms with van der Waals surface area (Å²) >= 11 is 0. The first kappa shape index (κ1) is 19.3. The van der Waals surface area contributed by atoms with Crippen molar-refractivity contribution in [2.24, 2.45) is 0 Å². The molecule has 0 N–H and O–H groups in total. The van der Waals surface area contributed by atoms with Crippen LogP contribution in [0.3, 0.4) is 0 Å². The van der Waals surface area contributed by atoms with Crippen molar-refractivity contribution in [2.45, 2.75) is 31.4 Å². The van der Waals surface area contributed by atoms with Crippen LogP contribution in [0.1, 0.15) is 40.9 Å². The normalized spacial score (nSPS) is 18.4. The van der Waals surface area contributed by atoms with E-state index in [1.165, 1.54) is 13.2 Å². The van der Waals surface area contributed by atoms with Gasteiger partial charge in [-0.2, -0.15) is 0 Å². The zero-order chi connectivity index (χ0) is 20.3. The molecule has 1 spiro atoms. The molecular weight excluding hydrogens is 368 g/mol. The molecule has 2 aliphatic rings. The van der Waals surface area contributed by atoms with E-state index >= 15 is 0 Å². The zero-order valence-electron chi connectivity index (χ0n) is 16.5. The second-order valence-corrected chi connectivity index (χ2v) is 7.59. The molecule has 150 valence electrons. The smallest absolute Gasteiger partial charge is 0.330 e. The highest BCUT2D eigenvalue weighted by atomic mass is 16.5. The number of carbonyl (C=O) groups excluding carboxylic acids is 2. The van der Waals surface area contributed by atoms with Crippen LogP contribution in [0.25, 0.3) is 6.08 Å². The Hall–Kier alpha value is -2.99. The first-order valence-corrected chi connectivity index (χ1v) is 9.81. The summed E-state index contributed by atoms with van der Waals surface area (Å²) in [6, 6.07) is 11.4. The Bertz CT molecular complexity index is 931. The summed E-state index contributed by atoms with van der Waals surface area (Å²) in [6.07, 6.45) is 6.81. The standard InChI is InChI=1S/C23H24N2O4/c1-28-22(27)8-6-17-5-7-21-19(14-17)20(26)15-23(29-21)9-12-25(13-10-23)16-18-4-2-3-11-24-18/h2-8,11,14H,9-10,12-13,15-16H2,1H3. The van der Waals surface area contributed by atoms with E-state index in [2.05, 4.69) is 14.6 Å². The fourth-order valence-corrected chi connectivity index (χ4v) is 3.97. The second-order valence-electron chi connectivity index (χ2n) is 7.59. The van der Waals surface area contributed by atoms with Crippen LogP contribution in [0, 0.1) is 0 Å². The number of hydrogen-bond acceptors (Lipinski definition) is 6. The quantitative estimate of drug-likeness (QED) is 0.588. The third-order valence-electron chi connectivity index (χ3n) is 5.61. The highest BCUT2D eigenvalue weighted by Gasteiger charge is 2.42. The maximum Gasteiger partial charge on any atom is 0.330 e. The molecule has 0 aliphatic carbocycles. The number of nitrogens with zero attached hydrogens (tertiary/aromatic N) is 2. The number of hydrogen-bond donors (Lipinski definition) is 0. The van der Waals surface area contributed by atoms with Crippen LogP contribution in [0.5, 0.6) is 5.75 Å². The van der Waals surface area contributed by atoms with Crippen LogP contribution in [-0.2, 0) is 16.1 Å². The lowest BCUT2D eigenvalue weighted by Crippen LogP contribution is -2.50. The lowest BCUT2D eigenvalue weighted by molar-refractivity contribution is -0.134. The van der Waals surface area contributed by atoms with Crippen LogP contribution < -0.4 is 4.74 Å². The maximum absolute atomic E-state index is 12.9. The average molecular weight is 392 g/mol. The van der Waals surface area contributed by atoms with E-state index in [9.17, 15) is 9.59 Å². The van der Waals surface area contributed by atoms with Gasteiger partial charge in [-0.25, -0.2) is 4.79 Å². The number of pyridine rings is 1. The van der Waals surface area contributed by atoms with Crippen LogP contribution >= 0.6 is 0 Å². The Balaban J connectivity index is 1.43. The van der Waals surface area contributed by atoms with Gasteiger partial charge in [0.05, 0.1) is 24.8 Å². The van der Waals surface area contributed by atoms with Gasteiger partial charge in [0.15, 0.2) is 5.78 Å². The summed E-state index contributed by atoms with van der Waals surface area (Å²) in [5.41, 5.74) is 1.99. The Kier molecular flexibility index (Phi) is 5.45. The number of rotatable bonds is 4. The monoisotopic (exact) mass is 392 g/mol. The third kappa shape index (κ3) is 4.38. The van der Waals surface area contributed by atoms with E-state index in [4.69, 9.17) is 4.74 Å². The summed E-state index contributed by atoms with van der Waals surface area (Å²) in [7, 11) is 1.33. The molecule has 1 aromatic carbocycles. The molecule has 0 radical (unpaired) electrons. The van der Waals surface area contributed by atoms with Crippen molar-refractivity contribution in [3.05, 3.63) is 65.5 Å². The number of esters is 1. The summed E-state index contributed by atoms with van der Waals surface area (Å²) in [5.74, 6) is 0.300. The number of Topliss-reactive ketones (excluding diaryl/α,β-unsaturated/α-hetero) is 1. The van der Waals surface area contributed by atoms with Crippen LogP contribution in [0.15, 0.2) is 48.7 Å². The molecule has 29 heavy (non-hydrogen) atoms. The van der Waals surface area contributed by atoms with Gasteiger partial charge in [0.2, 0.25) is 0 Å². The van der Waals surface area contributed by atoms with E-state index < -0.39 is 11.6 Å². The third-order valence-corrected chi connectivity index (χ3v) is 5.61. The van der Waals surface area contributed by atoms with Gasteiger partial charge in [-0.3, -0.25) is 14.7 Å². The number of fused-ring (bicyclic) bond motifs is 1. The van der Waals surface area contributed by atoms with Crippen molar-refractivity contribution in [1.29, 1.82) is 0 Å². The van der Waals surface area contributed by atoms with Gasteiger partial charge in [-0.05, 0) is 35.9 Å². The first-order valence-electron chi connectivity index (χ1n) is 9.81. The summed E-state index contributed by atoms with van der Waals surface area (Å²) in [6.45, 7) is 2.57. The predicted molar refractivity (Wildman–Crippen MR) is 109 cm³/mol. The maximum atomic E-state index is 12.9. The van der Waals surface area contributed by atoms with Crippen molar-refractivity contribution in [3.8, 4) is 5.75 Å². The Morgan fingerprint density at radius 3 is 2.83 bits per heavy atom. The molecule has 6 heteroatoms. The number of likely N-dealkylation sites (tertiary alicyclic amines) is 1. The lowest BCUT2D eigenvalue weighted by atomic mass is 9.82. The SMILES string of the molecule is COC(=O)C=Cc1ccc2c(c1)C(=O)CC1(CCN(Cc3ccccn3)CC1)O2. The van der Waals surface area contributed by atoms with E-state index in [-0.39, 0.29) is 5.78 Å². The van der Waals surface area contributed by atoms with E-state index in [1.807, 2.05) is 36.5 Å². The number of ether oxygens (including phenoxy) is 2. The topological polar surface area (TPSA) is 68.7 Å². The van der Waals surface area contributed by atoms with E-state index in [0.29, 0.717) is 17.7 Å². The molecule has 0 unspecified atom stereocenters. The highest BCUT2D eigenvalue weighted by molar-refractivity contribution is 6.01. The molecule has 0 bridgehead atoms. The molecule has 1 fully saturated rings. The van der Waals surface area contributed by atoms with Crippen molar-refractivity contribution < 1.29 is 19.1 Å². The molecule has 3 heterocycles. The van der Waals surface area contributed by atoms with Crippen molar-refractivity contribution in [2.75, 3.05) is 20.2 Å². The molecule has 0 saturated carbocycles. The molecule has 1 aromatic heterocycles. The minimum absolute atomic E-state index is 0.0951. The lowest BCUT2D eigenvalue weighted by Gasteiger charge is -2.44. The molecule has 2 aliphatic heterocycles. The minimum atomic E-state index is -0.429. The molecule has 0 atom stereocenters. The van der Waals surface area contributed by atoms with Gasteiger partial charge in [0.1, 0.15) is 11.4 Å². The molecule has 0 amide bonds. The van der Waals surface area contributed by atoms with Gasteiger partial charge in [0, 0.05) is 44.7 Å². The number of ketones is 1. The Morgan fingerprint density at radius 2 is 2.10 bits per heavy atom. The number of methoxy groups -OCH3 is 1. The van der Waals surface area contributed by atoms with Crippen molar-refractivity contribution >= 4 is 17.8 Å². The van der Waals surface area contributed by atoms with Gasteiger partial charge in [-0.15, -0.1) is 0 Å². The van der Waals surface area contributed by atoms with Crippen LogP contribution in [-0.4, -0.2) is 47.4 Å². The average Bonchev–Trinajstić information content (AvgIpc) is 2.75. The molecule has 4 rings (SSSR count). The Labute approximate surface area is 170 Å². The largest absolute Gasteiger partial charge is 0.486 e. The number of benzene rings is 1. The number of carbonyl (C=O) groups is 2. The van der Waals surface area contributed by atoms with Gasteiger partial charge in [-0.1, -0.05) is 12.1 Å². The fourth-order valence-electron chi connectivity index (χ4n) is 3.97. The molecule has 1 saturated heterocycles. The second kappa shape index (κ2) is 8.17. The first-order chi connectivity index (χ1) is 14.1. The van der Waals surface area contributed by atoms with Crippen molar-refractivity contribution in [1.82, 2.24) is 9.88 Å². The van der Waals surface area contributed by atoms with Gasteiger partial charge >= 0.3 is 5.97 Å². The summed E-state index contributed by atoms with van der Waals surface area (Å²) < 4.78 is 11.0. The van der Waals surface area contributed by atoms with E-state index in [0.717, 1.165) is 43.7 Å². The molecule has 6 nitrogen and oxygen atoms in total. The Morgan fingerprint density at radius 1 is 1.28 bits per heavy atom. The molecular formula is C23H24N2O4. The van der Waals surface area contributed by atoms with Crippen LogP contribution in [0.4, 0.5) is 0 Å². The number of aromatic nitrogens is 1. The summed E-state index contributed by atoms with van der Waals surface area (Å²) in [4.78, 5) is 30.9.